The van der Waals surface area contributed by atoms with Crippen molar-refractivity contribution >= 4 is 78.5 Å². The number of esters is 3. The molecule has 0 radical (unpaired) electrons. The Morgan fingerprint density at radius 3 is 1.64 bits per heavy atom. The highest BCUT2D eigenvalue weighted by Crippen LogP contribution is 2.31. The molecule has 3 aromatic carbocycles. The minimum atomic E-state index is -3.40. The van der Waals surface area contributed by atoms with Crippen molar-refractivity contribution in [3.8, 4) is 11.5 Å². The Balaban J connectivity index is -0.00000385. The summed E-state index contributed by atoms with van der Waals surface area (Å²) in [6.07, 6.45) is 1.41. The third kappa shape index (κ3) is 22.6. The van der Waals surface area contributed by atoms with Crippen LogP contribution in [0.3, 0.4) is 0 Å². The number of nitrogens with zero attached hydrogens (tertiary/aromatic N) is 1. The van der Waals surface area contributed by atoms with Crippen LogP contribution in [0.25, 0.3) is 6.08 Å². The van der Waals surface area contributed by atoms with E-state index in [0.717, 1.165) is 18.8 Å². The third-order valence-corrected chi connectivity index (χ3v) is 26.1. The van der Waals surface area contributed by atoms with Crippen LogP contribution in [0.4, 0.5) is 5.69 Å². The van der Waals surface area contributed by atoms with Gasteiger partial charge in [0.1, 0.15) is 30.3 Å². The van der Waals surface area contributed by atoms with Crippen LogP contribution < -0.4 is 9.64 Å². The molecule has 0 aromatic heterocycles. The van der Waals surface area contributed by atoms with Gasteiger partial charge in [-0.2, -0.15) is 0 Å². The predicted octanol–water partition coefficient (Wildman–Crippen LogP) is 13.0. The van der Waals surface area contributed by atoms with Gasteiger partial charge in [-0.25, -0.2) is 14.4 Å². The predicted molar refractivity (Wildman–Crippen MR) is 311 cm³/mol. The maximum atomic E-state index is 13.8. The van der Waals surface area contributed by atoms with Gasteiger partial charge in [-0.3, -0.25) is 4.79 Å². The lowest BCUT2D eigenvalue weighted by Gasteiger charge is -2.41. The fourth-order valence-corrected chi connectivity index (χ4v) is 24.5. The summed E-state index contributed by atoms with van der Waals surface area (Å²) in [4.78, 5) is 54.5. The second kappa shape index (κ2) is 32.5. The van der Waals surface area contributed by atoms with Crippen LogP contribution in [-0.2, 0) is 40.3 Å². The van der Waals surface area contributed by atoms with Crippen molar-refractivity contribution < 1.29 is 59.7 Å². The van der Waals surface area contributed by atoms with E-state index in [-0.39, 0.29) is 99.0 Å². The molecule has 0 spiro atoms. The highest BCUT2D eigenvalue weighted by molar-refractivity contribution is 6.91. The zero-order valence-corrected chi connectivity index (χ0v) is 46.1. The number of phenols is 1. The van der Waals surface area contributed by atoms with E-state index in [1.165, 1.54) is 18.2 Å². The standard InChI is InChI=1S/C47H69NO13Si5.6CH4/c1-16-48(17-2)37-26-29-41(43(49)31-37)44(50)39-22-20-21-23-40(39)45(51)57-33-35(6)66(15,60-64(10,11)12)61-65(13,14)59-62(58-63(7,8)9)34(5)32-56-38-27-24-36(25-28-38)30-42(46(52)54-18-3)47(53)55-19-4;;;;;;/h20-31,49,62H,5-6,16-19,32-33H2,1-4,7-15H3;6*1H4. The Morgan fingerprint density at radius 1 is 0.639 bits per heavy atom. The molecule has 2 unspecified atom stereocenters. The lowest BCUT2D eigenvalue weighted by molar-refractivity contribution is -0.146. The molecule has 19 heteroatoms. The molecule has 0 aliphatic rings. The Morgan fingerprint density at radius 2 is 1.17 bits per heavy atom. The molecule has 0 heterocycles. The van der Waals surface area contributed by atoms with E-state index in [2.05, 4.69) is 37.7 Å². The smallest absolute Gasteiger partial charge is 0.348 e. The summed E-state index contributed by atoms with van der Waals surface area (Å²) in [5.41, 5.74) is 1.33. The summed E-state index contributed by atoms with van der Waals surface area (Å²) < 4.78 is 49.3. The molecule has 0 aliphatic heterocycles. The number of rotatable bonds is 26. The van der Waals surface area contributed by atoms with Crippen LogP contribution in [0.15, 0.2) is 95.9 Å². The number of carbonyl (C=O) groups excluding carboxylic acids is 4. The van der Waals surface area contributed by atoms with E-state index < -0.39 is 66.7 Å². The molecule has 0 fully saturated rings. The molecule has 14 nitrogen and oxygen atoms in total. The molecular weight excluding hydrogens is 999 g/mol. The number of benzene rings is 3. The van der Waals surface area contributed by atoms with E-state index in [1.54, 1.807) is 68.4 Å². The van der Waals surface area contributed by atoms with Crippen molar-refractivity contribution in [1.29, 1.82) is 0 Å². The molecule has 1 N–H and O–H groups in total. The van der Waals surface area contributed by atoms with Crippen molar-refractivity contribution in [2.75, 3.05) is 44.4 Å². The van der Waals surface area contributed by atoms with Crippen molar-refractivity contribution in [3.05, 3.63) is 118 Å². The van der Waals surface area contributed by atoms with Gasteiger partial charge >= 0.3 is 44.3 Å². The molecule has 0 aliphatic carbocycles. The van der Waals surface area contributed by atoms with Crippen molar-refractivity contribution in [2.45, 2.75) is 131 Å². The number of hydrogen-bond donors (Lipinski definition) is 1. The number of aromatic hydroxyl groups is 1. The molecular formula is C53H93NO13Si5. The average Bonchev–Trinajstić information content (AvgIpc) is 3.22. The Labute approximate surface area is 441 Å². The molecule has 2 atom stereocenters. The highest BCUT2D eigenvalue weighted by Gasteiger charge is 2.47. The zero-order valence-electron chi connectivity index (χ0n) is 41.0. The van der Waals surface area contributed by atoms with Gasteiger partial charge in [0.05, 0.1) is 24.3 Å². The number of ether oxygens (including phenoxy) is 4. The summed E-state index contributed by atoms with van der Waals surface area (Å²) in [7, 11) is -13.8. The zero-order chi connectivity index (χ0) is 49.6. The number of carbonyl (C=O) groups is 4. The van der Waals surface area contributed by atoms with Gasteiger partial charge in [-0.1, -0.05) is 88.0 Å². The van der Waals surface area contributed by atoms with Gasteiger partial charge in [0, 0.05) is 35.6 Å². The molecule has 0 amide bonds. The molecule has 408 valence electrons. The molecule has 0 saturated carbocycles. The van der Waals surface area contributed by atoms with E-state index in [1.807, 2.05) is 53.1 Å². The lowest BCUT2D eigenvalue weighted by atomic mass is 9.97. The van der Waals surface area contributed by atoms with E-state index in [9.17, 15) is 24.3 Å². The third-order valence-electron chi connectivity index (χ3n) is 9.50. The van der Waals surface area contributed by atoms with Crippen LogP contribution in [0, 0.1) is 0 Å². The van der Waals surface area contributed by atoms with E-state index in [4.69, 9.17) is 35.4 Å². The van der Waals surface area contributed by atoms with Gasteiger partial charge in [-0.15, -0.1) is 0 Å². The normalized spacial score (nSPS) is 12.0. The van der Waals surface area contributed by atoms with Crippen LogP contribution in [0.2, 0.25) is 58.9 Å². The van der Waals surface area contributed by atoms with Crippen molar-refractivity contribution in [1.82, 2.24) is 0 Å². The van der Waals surface area contributed by atoms with Crippen molar-refractivity contribution in [3.63, 3.8) is 0 Å². The van der Waals surface area contributed by atoms with Crippen LogP contribution in [0.5, 0.6) is 11.5 Å². The molecule has 72 heavy (non-hydrogen) atoms. The van der Waals surface area contributed by atoms with Gasteiger partial charge in [0.25, 0.3) is 0 Å². The molecule has 0 saturated heterocycles. The quantitative estimate of drug-likeness (QED) is 0.0153. The Bertz CT molecular complexity index is 2210. The number of ketones is 1. The average molecular weight is 1090 g/mol. The van der Waals surface area contributed by atoms with E-state index in [0.29, 0.717) is 21.7 Å². The minimum Gasteiger partial charge on any atom is -0.507 e. The fourth-order valence-electron chi connectivity index (χ4n) is 6.57. The fraction of sp³-hybridized carbons (Fsp3) is 0.472. The summed E-state index contributed by atoms with van der Waals surface area (Å²) >= 11 is 0. The summed E-state index contributed by atoms with van der Waals surface area (Å²) in [6, 6.07) is 18.1. The molecule has 3 rings (SSSR count). The van der Waals surface area contributed by atoms with Crippen LogP contribution in [0.1, 0.15) is 104 Å². The van der Waals surface area contributed by atoms with Crippen LogP contribution in [-0.4, -0.2) is 111 Å². The lowest BCUT2D eigenvalue weighted by Crippen LogP contribution is -2.58. The summed E-state index contributed by atoms with van der Waals surface area (Å²) in [6.45, 7) is 35.5. The van der Waals surface area contributed by atoms with Gasteiger partial charge < -0.3 is 45.4 Å². The second-order valence-corrected chi connectivity index (χ2v) is 36.6. The first-order valence-corrected chi connectivity index (χ1v) is 35.5. The molecule has 0 bridgehead atoms. The monoisotopic (exact) mass is 1090 g/mol. The van der Waals surface area contributed by atoms with Gasteiger partial charge in [0.2, 0.25) is 0 Å². The van der Waals surface area contributed by atoms with Crippen LogP contribution >= 0.6 is 0 Å². The topological polar surface area (TPSA) is 166 Å². The Hall–Kier alpha value is -4.72. The maximum absolute atomic E-state index is 13.8. The van der Waals surface area contributed by atoms with E-state index >= 15 is 0 Å². The highest BCUT2D eigenvalue weighted by atomic mass is 28.5. The first kappa shape index (κ1) is 73.8. The number of phenolic OH excluding ortho intramolecular Hbond substituents is 1. The summed E-state index contributed by atoms with van der Waals surface area (Å²) in [5.74, 6) is -2.48. The Kier molecular flexibility index (Phi) is 33.3. The largest absolute Gasteiger partial charge is 0.507 e. The SMILES string of the molecule is C.C.C.C.C.C.C=C(COc1ccc(C=C(C(=O)OCC)C(=O)OCC)cc1)[SiH](O[Si](C)(C)C)O[Si](C)(C)O[Si](C)(O[Si](C)(C)C)C(=C)COC(=O)c1ccccc1C(=O)c1ccc(N(CC)CC)cc1O. The van der Waals surface area contributed by atoms with Gasteiger partial charge in [-0.05, 0) is 134 Å². The number of anilines is 1. The molecule has 3 aromatic rings. The number of hydrogen-bond acceptors (Lipinski definition) is 14. The minimum absolute atomic E-state index is 0. The summed E-state index contributed by atoms with van der Waals surface area (Å²) in [5, 5.41) is 12.0. The van der Waals surface area contributed by atoms with Crippen molar-refractivity contribution in [2.24, 2.45) is 0 Å². The first-order chi connectivity index (χ1) is 30.8. The second-order valence-electron chi connectivity index (χ2n) is 17.8. The van der Waals surface area contributed by atoms with Gasteiger partial charge in [0.15, 0.2) is 22.4 Å². The first-order valence-electron chi connectivity index (χ1n) is 22.1. The maximum Gasteiger partial charge on any atom is 0.348 e.